The summed E-state index contributed by atoms with van der Waals surface area (Å²) in [6.45, 7) is 2.68. The Hall–Kier alpha value is -1.49. The first-order valence-corrected chi connectivity index (χ1v) is 9.29. The van der Waals surface area contributed by atoms with Crippen LogP contribution in [-0.2, 0) is 20.9 Å². The van der Waals surface area contributed by atoms with E-state index in [4.69, 9.17) is 9.47 Å². The second-order valence-electron chi connectivity index (χ2n) is 7.27. The van der Waals surface area contributed by atoms with Gasteiger partial charge in [0.15, 0.2) is 5.78 Å². The van der Waals surface area contributed by atoms with Crippen LogP contribution in [0.25, 0.3) is 0 Å². The Morgan fingerprint density at radius 2 is 2.00 bits per heavy atom. The molecular formula is C21H28O4. The van der Waals surface area contributed by atoms with Gasteiger partial charge in [-0.05, 0) is 49.2 Å². The molecule has 0 aromatic heterocycles. The number of ketones is 1. The second kappa shape index (κ2) is 8.75. The maximum atomic E-state index is 12.2. The molecule has 1 aromatic carbocycles. The topological polar surface area (TPSA) is 55.8 Å². The van der Waals surface area contributed by atoms with Crippen LogP contribution in [0.3, 0.4) is 0 Å². The molecule has 1 heterocycles. The molecule has 4 heteroatoms. The van der Waals surface area contributed by atoms with E-state index in [1.807, 2.05) is 30.3 Å². The van der Waals surface area contributed by atoms with E-state index in [1.165, 1.54) is 0 Å². The summed E-state index contributed by atoms with van der Waals surface area (Å²) in [6.07, 6.45) is 7.16. The molecule has 4 nitrogen and oxygen atoms in total. The van der Waals surface area contributed by atoms with Gasteiger partial charge in [0.1, 0.15) is 0 Å². The van der Waals surface area contributed by atoms with E-state index >= 15 is 0 Å². The summed E-state index contributed by atoms with van der Waals surface area (Å²) in [4.78, 5) is 12.2. The monoisotopic (exact) mass is 344 g/mol. The lowest BCUT2D eigenvalue weighted by atomic mass is 9.67. The van der Waals surface area contributed by atoms with Crippen molar-refractivity contribution in [2.24, 2.45) is 11.3 Å². The van der Waals surface area contributed by atoms with Crippen molar-refractivity contribution >= 4 is 5.78 Å². The normalized spacial score (nSPS) is 23.7. The lowest BCUT2D eigenvalue weighted by Crippen LogP contribution is -2.39. The number of aliphatic hydroxyl groups excluding tert-OH is 1. The Morgan fingerprint density at radius 3 is 2.76 bits per heavy atom. The van der Waals surface area contributed by atoms with Gasteiger partial charge in [-0.15, -0.1) is 0 Å². The van der Waals surface area contributed by atoms with Crippen LogP contribution in [0, 0.1) is 11.3 Å². The van der Waals surface area contributed by atoms with Gasteiger partial charge in [0.05, 0.1) is 12.7 Å². The number of rotatable bonds is 7. The highest BCUT2D eigenvalue weighted by molar-refractivity contribution is 5.93. The zero-order chi connectivity index (χ0) is 17.5. The minimum Gasteiger partial charge on any atom is -0.392 e. The van der Waals surface area contributed by atoms with E-state index in [2.05, 4.69) is 6.08 Å². The summed E-state index contributed by atoms with van der Waals surface area (Å²) in [7, 11) is 0. The molecule has 2 aliphatic rings. The number of carbonyl (C=O) groups excluding carboxylic acids is 1. The van der Waals surface area contributed by atoms with Crippen molar-refractivity contribution in [3.8, 4) is 0 Å². The number of ether oxygens (including phenoxy) is 2. The number of hydrogen-bond donors (Lipinski definition) is 1. The minimum atomic E-state index is -0.586. The predicted octanol–water partition coefficient (Wildman–Crippen LogP) is 3.29. The maximum absolute atomic E-state index is 12.2. The number of hydrogen-bond acceptors (Lipinski definition) is 4. The lowest BCUT2D eigenvalue weighted by Gasteiger charge is -2.40. The number of allylic oxidation sites excluding steroid dienone is 2. The maximum Gasteiger partial charge on any atom is 0.161 e. The number of aliphatic hydroxyl groups is 1. The Morgan fingerprint density at radius 1 is 1.24 bits per heavy atom. The Kier molecular flexibility index (Phi) is 6.40. The van der Waals surface area contributed by atoms with Crippen LogP contribution in [-0.4, -0.2) is 36.8 Å². The summed E-state index contributed by atoms with van der Waals surface area (Å²) in [5.74, 6) is -0.216. The third-order valence-electron chi connectivity index (χ3n) is 5.45. The van der Waals surface area contributed by atoms with Crippen molar-refractivity contribution in [3.63, 3.8) is 0 Å². The van der Waals surface area contributed by atoms with E-state index in [0.29, 0.717) is 19.6 Å². The van der Waals surface area contributed by atoms with Gasteiger partial charge in [0.25, 0.3) is 0 Å². The molecule has 0 saturated carbocycles. The summed E-state index contributed by atoms with van der Waals surface area (Å²) < 4.78 is 11.1. The molecule has 136 valence electrons. The van der Waals surface area contributed by atoms with Crippen LogP contribution in [0.2, 0.25) is 0 Å². The smallest absolute Gasteiger partial charge is 0.161 e. The lowest BCUT2D eigenvalue weighted by molar-refractivity contribution is -0.125. The molecule has 3 rings (SSSR count). The Labute approximate surface area is 149 Å². The molecular weight excluding hydrogens is 316 g/mol. The molecule has 1 aliphatic heterocycles. The fourth-order valence-electron chi connectivity index (χ4n) is 3.82. The average molecular weight is 344 g/mol. The van der Waals surface area contributed by atoms with Crippen molar-refractivity contribution in [2.75, 3.05) is 19.8 Å². The third-order valence-corrected chi connectivity index (χ3v) is 5.45. The van der Waals surface area contributed by atoms with Gasteiger partial charge in [-0.1, -0.05) is 36.4 Å². The number of carbonyl (C=O) groups is 1. The first-order chi connectivity index (χ1) is 12.2. The Bertz CT molecular complexity index is 575. The quantitative estimate of drug-likeness (QED) is 0.771. The molecule has 1 aliphatic carbocycles. The van der Waals surface area contributed by atoms with Gasteiger partial charge in [-0.25, -0.2) is 0 Å². The molecule has 1 spiro atoms. The minimum absolute atomic E-state index is 0.0433. The van der Waals surface area contributed by atoms with Crippen LogP contribution in [0.15, 0.2) is 42.5 Å². The largest absolute Gasteiger partial charge is 0.392 e. The second-order valence-corrected chi connectivity index (χ2v) is 7.27. The van der Waals surface area contributed by atoms with Crippen molar-refractivity contribution in [2.45, 2.75) is 44.8 Å². The van der Waals surface area contributed by atoms with Crippen LogP contribution in [0.4, 0.5) is 0 Å². The molecule has 1 aromatic rings. The first-order valence-electron chi connectivity index (χ1n) is 9.29. The van der Waals surface area contributed by atoms with E-state index in [-0.39, 0.29) is 17.1 Å². The van der Waals surface area contributed by atoms with Gasteiger partial charge in [0, 0.05) is 25.7 Å². The number of benzene rings is 1. The van der Waals surface area contributed by atoms with Crippen LogP contribution < -0.4 is 0 Å². The fourth-order valence-corrected chi connectivity index (χ4v) is 3.82. The fraction of sp³-hybridized carbons (Fsp3) is 0.571. The van der Waals surface area contributed by atoms with E-state index in [1.54, 1.807) is 6.08 Å². The SMILES string of the molecule is O=C1C=CC2(CCOCC2)CC1C(O)CCCOCc1ccccc1. The summed E-state index contributed by atoms with van der Waals surface area (Å²) in [6, 6.07) is 10.1. The van der Waals surface area contributed by atoms with Gasteiger partial charge in [0.2, 0.25) is 0 Å². The van der Waals surface area contributed by atoms with Crippen LogP contribution in [0.1, 0.15) is 37.7 Å². The van der Waals surface area contributed by atoms with E-state index < -0.39 is 6.10 Å². The molecule has 0 bridgehead atoms. The van der Waals surface area contributed by atoms with Gasteiger partial charge in [-0.3, -0.25) is 4.79 Å². The highest BCUT2D eigenvalue weighted by atomic mass is 16.5. The van der Waals surface area contributed by atoms with Gasteiger partial charge >= 0.3 is 0 Å². The molecule has 1 fully saturated rings. The average Bonchev–Trinajstić information content (AvgIpc) is 2.65. The van der Waals surface area contributed by atoms with Crippen molar-refractivity contribution < 1.29 is 19.4 Å². The molecule has 25 heavy (non-hydrogen) atoms. The molecule has 2 atom stereocenters. The van der Waals surface area contributed by atoms with Crippen molar-refractivity contribution in [1.82, 2.24) is 0 Å². The highest BCUT2D eigenvalue weighted by Gasteiger charge is 2.40. The molecule has 1 saturated heterocycles. The summed E-state index contributed by atoms with van der Waals surface area (Å²) in [5, 5.41) is 10.5. The zero-order valence-electron chi connectivity index (χ0n) is 14.7. The first kappa shape index (κ1) is 18.3. The van der Waals surface area contributed by atoms with Crippen molar-refractivity contribution in [3.05, 3.63) is 48.0 Å². The van der Waals surface area contributed by atoms with Crippen molar-refractivity contribution in [1.29, 1.82) is 0 Å². The van der Waals surface area contributed by atoms with Gasteiger partial charge < -0.3 is 14.6 Å². The standard InChI is InChI=1S/C21H28O4/c22-19(7-4-12-25-16-17-5-2-1-3-6-17)18-15-21(9-8-20(18)23)10-13-24-14-11-21/h1-3,5-6,8-9,18-19,22H,4,7,10-16H2. The molecule has 0 radical (unpaired) electrons. The van der Waals surface area contributed by atoms with Crippen LogP contribution in [0.5, 0.6) is 0 Å². The zero-order valence-corrected chi connectivity index (χ0v) is 14.7. The molecule has 0 amide bonds. The molecule has 1 N–H and O–H groups in total. The predicted molar refractivity (Wildman–Crippen MR) is 96.1 cm³/mol. The molecule has 2 unspecified atom stereocenters. The van der Waals surface area contributed by atoms with Gasteiger partial charge in [-0.2, -0.15) is 0 Å². The van der Waals surface area contributed by atoms with E-state index in [9.17, 15) is 9.90 Å². The Balaban J connectivity index is 1.42. The highest BCUT2D eigenvalue weighted by Crippen LogP contribution is 2.42. The third kappa shape index (κ3) is 5.00. The summed E-state index contributed by atoms with van der Waals surface area (Å²) in [5.41, 5.74) is 1.19. The summed E-state index contributed by atoms with van der Waals surface area (Å²) >= 11 is 0. The van der Waals surface area contributed by atoms with E-state index in [0.717, 1.165) is 44.5 Å². The van der Waals surface area contributed by atoms with Crippen LogP contribution >= 0.6 is 0 Å².